The van der Waals surface area contributed by atoms with Gasteiger partial charge in [0.1, 0.15) is 11.9 Å². The number of nitrogens with zero attached hydrogens (tertiary/aromatic N) is 2. The van der Waals surface area contributed by atoms with Gasteiger partial charge in [-0.15, -0.1) is 6.58 Å². The fourth-order valence-electron chi connectivity index (χ4n) is 2.21. The number of fused-ring (bicyclic) bond motifs is 1. The van der Waals surface area contributed by atoms with Crippen molar-refractivity contribution < 1.29 is 4.79 Å². The molecule has 0 fully saturated rings. The largest absolute Gasteiger partial charge is 0.351 e. The molecule has 4 nitrogen and oxygen atoms in total. The van der Waals surface area contributed by atoms with E-state index in [-0.39, 0.29) is 11.9 Å². The molecule has 1 aromatic heterocycles. The molecule has 19 heavy (non-hydrogen) atoms. The van der Waals surface area contributed by atoms with E-state index in [1.54, 1.807) is 6.08 Å². The average Bonchev–Trinajstić information content (AvgIpc) is 2.82. The van der Waals surface area contributed by atoms with Crippen LogP contribution in [0.3, 0.4) is 0 Å². The Morgan fingerprint density at radius 2 is 2.26 bits per heavy atom. The summed E-state index contributed by atoms with van der Waals surface area (Å²) in [5, 5.41) is 2.83. The summed E-state index contributed by atoms with van der Waals surface area (Å²) in [5.74, 6) is 0.917. The number of hydrogen-bond donors (Lipinski definition) is 1. The van der Waals surface area contributed by atoms with Crippen LogP contribution in [0.1, 0.15) is 25.7 Å². The first-order valence-corrected chi connectivity index (χ1v) is 6.53. The second-order valence-corrected chi connectivity index (χ2v) is 4.45. The number of aromatic nitrogens is 2. The van der Waals surface area contributed by atoms with Crippen LogP contribution in [-0.2, 0) is 11.2 Å². The summed E-state index contributed by atoms with van der Waals surface area (Å²) in [5.41, 5.74) is 1.93. The van der Waals surface area contributed by atoms with E-state index in [0.717, 1.165) is 23.3 Å². The van der Waals surface area contributed by atoms with Crippen LogP contribution in [0.15, 0.2) is 36.9 Å². The van der Waals surface area contributed by atoms with Gasteiger partial charge in [-0.05, 0) is 19.1 Å². The van der Waals surface area contributed by atoms with Crippen molar-refractivity contribution in [1.29, 1.82) is 0 Å². The highest BCUT2D eigenvalue weighted by Crippen LogP contribution is 2.21. The molecule has 0 aliphatic heterocycles. The van der Waals surface area contributed by atoms with Gasteiger partial charge in [0.2, 0.25) is 5.91 Å². The molecule has 0 spiro atoms. The maximum absolute atomic E-state index is 12.1. The summed E-state index contributed by atoms with van der Waals surface area (Å²) >= 11 is 0. The molecule has 1 atom stereocenters. The van der Waals surface area contributed by atoms with E-state index < -0.39 is 0 Å². The van der Waals surface area contributed by atoms with E-state index >= 15 is 0 Å². The summed E-state index contributed by atoms with van der Waals surface area (Å²) in [6.45, 7) is 8.03. The second-order valence-electron chi connectivity index (χ2n) is 4.45. The predicted molar refractivity (Wildman–Crippen MR) is 77.0 cm³/mol. The van der Waals surface area contributed by atoms with Crippen molar-refractivity contribution in [2.45, 2.75) is 26.3 Å². The van der Waals surface area contributed by atoms with Crippen LogP contribution in [-0.4, -0.2) is 22.0 Å². The lowest BCUT2D eigenvalue weighted by molar-refractivity contribution is -0.123. The first-order valence-electron chi connectivity index (χ1n) is 6.53. The molecule has 1 aromatic carbocycles. The summed E-state index contributed by atoms with van der Waals surface area (Å²) < 4.78 is 2.01. The van der Waals surface area contributed by atoms with Crippen LogP contribution in [0.5, 0.6) is 0 Å². The zero-order valence-corrected chi connectivity index (χ0v) is 11.4. The Bertz CT molecular complexity index is 600. The minimum atomic E-state index is -0.276. The van der Waals surface area contributed by atoms with Crippen molar-refractivity contribution in [1.82, 2.24) is 14.9 Å². The van der Waals surface area contributed by atoms with Gasteiger partial charge in [0, 0.05) is 13.0 Å². The van der Waals surface area contributed by atoms with E-state index in [2.05, 4.69) is 16.9 Å². The van der Waals surface area contributed by atoms with E-state index in [1.807, 2.05) is 42.7 Å². The number of rotatable bonds is 5. The number of para-hydroxylation sites is 2. The van der Waals surface area contributed by atoms with Crippen LogP contribution in [0.4, 0.5) is 0 Å². The average molecular weight is 257 g/mol. The van der Waals surface area contributed by atoms with Crippen molar-refractivity contribution in [2.75, 3.05) is 6.54 Å². The van der Waals surface area contributed by atoms with Gasteiger partial charge in [0.15, 0.2) is 0 Å². The molecule has 1 unspecified atom stereocenters. The monoisotopic (exact) mass is 257 g/mol. The number of carbonyl (C=O) groups is 1. The highest BCUT2D eigenvalue weighted by atomic mass is 16.2. The molecule has 1 amide bonds. The van der Waals surface area contributed by atoms with Crippen LogP contribution < -0.4 is 5.32 Å². The zero-order chi connectivity index (χ0) is 13.8. The highest BCUT2D eigenvalue weighted by Gasteiger charge is 2.19. The SMILES string of the molecule is C=CCNC(=O)C(C)n1c(CC)nc2ccccc21. The Hall–Kier alpha value is -2.10. The molecule has 0 radical (unpaired) electrons. The highest BCUT2D eigenvalue weighted by molar-refractivity contribution is 5.84. The lowest BCUT2D eigenvalue weighted by Crippen LogP contribution is -2.31. The van der Waals surface area contributed by atoms with Crippen LogP contribution >= 0.6 is 0 Å². The number of imidazole rings is 1. The van der Waals surface area contributed by atoms with Gasteiger partial charge in [-0.1, -0.05) is 25.1 Å². The zero-order valence-electron chi connectivity index (χ0n) is 11.4. The molecule has 0 saturated heterocycles. The van der Waals surface area contributed by atoms with Crippen molar-refractivity contribution in [3.63, 3.8) is 0 Å². The maximum Gasteiger partial charge on any atom is 0.243 e. The molecular formula is C15H19N3O. The predicted octanol–water partition coefficient (Wildman–Crippen LogP) is 2.46. The fourth-order valence-corrected chi connectivity index (χ4v) is 2.21. The molecule has 1 N–H and O–H groups in total. The van der Waals surface area contributed by atoms with Gasteiger partial charge >= 0.3 is 0 Å². The quantitative estimate of drug-likeness (QED) is 0.836. The summed E-state index contributed by atoms with van der Waals surface area (Å²) in [7, 11) is 0. The number of nitrogens with one attached hydrogen (secondary N) is 1. The summed E-state index contributed by atoms with van der Waals surface area (Å²) in [4.78, 5) is 16.7. The third-order valence-electron chi connectivity index (χ3n) is 3.17. The van der Waals surface area contributed by atoms with E-state index in [1.165, 1.54) is 0 Å². The molecule has 100 valence electrons. The van der Waals surface area contributed by atoms with Crippen molar-refractivity contribution in [3.8, 4) is 0 Å². The van der Waals surface area contributed by atoms with Crippen molar-refractivity contribution in [2.24, 2.45) is 0 Å². The number of benzene rings is 1. The standard InChI is InChI=1S/C15H19N3O/c1-4-10-16-15(19)11(3)18-13-9-7-6-8-12(13)17-14(18)5-2/h4,6-9,11H,1,5,10H2,2-3H3,(H,16,19). The summed E-state index contributed by atoms with van der Waals surface area (Å²) in [6.07, 6.45) is 2.48. The molecule has 0 bridgehead atoms. The molecule has 0 saturated carbocycles. The van der Waals surface area contributed by atoms with Crippen molar-refractivity contribution in [3.05, 3.63) is 42.7 Å². The lowest BCUT2D eigenvalue weighted by atomic mass is 10.2. The Kier molecular flexibility index (Phi) is 4.00. The van der Waals surface area contributed by atoms with Crippen LogP contribution in [0, 0.1) is 0 Å². The molecule has 0 aliphatic carbocycles. The summed E-state index contributed by atoms with van der Waals surface area (Å²) in [6, 6.07) is 7.62. The molecular weight excluding hydrogens is 238 g/mol. The van der Waals surface area contributed by atoms with Crippen molar-refractivity contribution >= 4 is 16.9 Å². The Morgan fingerprint density at radius 1 is 1.53 bits per heavy atom. The number of aryl methyl sites for hydroxylation is 1. The molecule has 0 aliphatic rings. The topological polar surface area (TPSA) is 46.9 Å². The van der Waals surface area contributed by atoms with Gasteiger partial charge in [0.25, 0.3) is 0 Å². The van der Waals surface area contributed by atoms with Gasteiger partial charge in [-0.2, -0.15) is 0 Å². The van der Waals surface area contributed by atoms with Crippen LogP contribution in [0.25, 0.3) is 11.0 Å². The van der Waals surface area contributed by atoms with Crippen LogP contribution in [0.2, 0.25) is 0 Å². The molecule has 2 aromatic rings. The van der Waals surface area contributed by atoms with Gasteiger partial charge in [-0.3, -0.25) is 4.79 Å². The minimum absolute atomic E-state index is 0.0160. The third kappa shape index (κ3) is 2.52. The lowest BCUT2D eigenvalue weighted by Gasteiger charge is -2.16. The first kappa shape index (κ1) is 13.3. The smallest absolute Gasteiger partial charge is 0.243 e. The Balaban J connectivity index is 2.42. The number of hydrogen-bond acceptors (Lipinski definition) is 2. The first-order chi connectivity index (χ1) is 9.19. The maximum atomic E-state index is 12.1. The van der Waals surface area contributed by atoms with E-state index in [4.69, 9.17) is 0 Å². The van der Waals surface area contributed by atoms with Gasteiger partial charge in [-0.25, -0.2) is 4.98 Å². The molecule has 1 heterocycles. The molecule has 4 heteroatoms. The number of carbonyl (C=O) groups excluding carboxylic acids is 1. The van der Waals surface area contributed by atoms with E-state index in [0.29, 0.717) is 6.54 Å². The number of amides is 1. The second kappa shape index (κ2) is 5.69. The van der Waals surface area contributed by atoms with Gasteiger partial charge < -0.3 is 9.88 Å². The third-order valence-corrected chi connectivity index (χ3v) is 3.17. The molecule has 2 rings (SSSR count). The Morgan fingerprint density at radius 3 is 2.95 bits per heavy atom. The van der Waals surface area contributed by atoms with Gasteiger partial charge in [0.05, 0.1) is 11.0 Å². The Labute approximate surface area is 113 Å². The normalized spacial score (nSPS) is 12.3. The minimum Gasteiger partial charge on any atom is -0.351 e. The van der Waals surface area contributed by atoms with E-state index in [9.17, 15) is 4.79 Å². The fraction of sp³-hybridized carbons (Fsp3) is 0.333.